The number of nitrogen functional groups attached to an aromatic ring is 1. The maximum atomic E-state index is 13.3. The monoisotopic (exact) mass is 274 g/mol. The second-order valence-corrected chi connectivity index (χ2v) is 4.51. The molecule has 20 heavy (non-hydrogen) atoms. The molecule has 0 atom stereocenters. The highest BCUT2D eigenvalue weighted by Gasteiger charge is 2.23. The molecule has 0 unspecified atom stereocenters. The maximum Gasteiger partial charge on any atom is 0.311 e. The van der Waals surface area contributed by atoms with Gasteiger partial charge in [-0.25, -0.2) is 9.37 Å². The number of anilines is 3. The summed E-state index contributed by atoms with van der Waals surface area (Å²) in [5, 5.41) is 10.7. The highest BCUT2D eigenvalue weighted by molar-refractivity contribution is 5.70. The molecule has 0 saturated carbocycles. The Labute approximate surface area is 113 Å². The van der Waals surface area contributed by atoms with E-state index < -0.39 is 4.92 Å². The molecule has 0 radical (unpaired) electrons. The van der Waals surface area contributed by atoms with Crippen molar-refractivity contribution in [1.29, 1.82) is 0 Å². The van der Waals surface area contributed by atoms with Crippen LogP contribution in [0.4, 0.5) is 27.4 Å². The lowest BCUT2D eigenvalue weighted by atomic mass is 10.2. The van der Waals surface area contributed by atoms with E-state index in [2.05, 4.69) is 4.98 Å². The average Bonchev–Trinajstić information content (AvgIpc) is 2.81. The largest absolute Gasteiger partial charge is 0.378 e. The minimum Gasteiger partial charge on any atom is -0.378 e. The summed E-state index contributed by atoms with van der Waals surface area (Å²) in [5.41, 5.74) is 7.10. The van der Waals surface area contributed by atoms with Crippen molar-refractivity contribution in [2.45, 2.75) is 6.42 Å². The molecule has 3 rings (SSSR count). The molecule has 6 nitrogen and oxygen atoms in total. The first-order chi connectivity index (χ1) is 9.56. The van der Waals surface area contributed by atoms with Gasteiger partial charge in [-0.15, -0.1) is 0 Å². The van der Waals surface area contributed by atoms with E-state index >= 15 is 0 Å². The zero-order chi connectivity index (χ0) is 14.3. The highest BCUT2D eigenvalue weighted by Crippen LogP contribution is 2.35. The fraction of sp³-hybridized carbons (Fsp3) is 0.154. The van der Waals surface area contributed by atoms with Crippen LogP contribution >= 0.6 is 0 Å². The number of halogens is 1. The molecule has 1 aliphatic heterocycles. The standard InChI is InChI=1S/C13H11FN4O2/c14-9-2-1-8-5-6-17(11(8)7-9)12-4-3-10(18(19)20)13(15)16-12/h1-4,7H,5-6H2,(H2,15,16). The van der Waals surface area contributed by atoms with Gasteiger partial charge in [-0.05, 0) is 30.2 Å². The number of hydrogen-bond acceptors (Lipinski definition) is 5. The molecule has 0 aliphatic carbocycles. The zero-order valence-electron chi connectivity index (χ0n) is 10.4. The number of hydrogen-bond donors (Lipinski definition) is 1. The van der Waals surface area contributed by atoms with E-state index in [9.17, 15) is 14.5 Å². The summed E-state index contributed by atoms with van der Waals surface area (Å²) in [6.45, 7) is 0.642. The number of rotatable bonds is 2. The van der Waals surface area contributed by atoms with Gasteiger partial charge in [0.15, 0.2) is 0 Å². The molecule has 7 heteroatoms. The molecule has 0 fully saturated rings. The van der Waals surface area contributed by atoms with Crippen LogP contribution in [0.1, 0.15) is 5.56 Å². The van der Waals surface area contributed by atoms with E-state index in [-0.39, 0.29) is 17.3 Å². The highest BCUT2D eigenvalue weighted by atomic mass is 19.1. The van der Waals surface area contributed by atoms with Crippen LogP contribution in [0.15, 0.2) is 30.3 Å². The van der Waals surface area contributed by atoms with Crippen LogP contribution in [-0.2, 0) is 6.42 Å². The predicted molar refractivity (Wildman–Crippen MR) is 72.4 cm³/mol. The molecule has 0 amide bonds. The average molecular weight is 274 g/mol. The number of fused-ring (bicyclic) bond motifs is 1. The van der Waals surface area contributed by atoms with Gasteiger partial charge < -0.3 is 10.6 Å². The number of aromatic nitrogens is 1. The molecule has 1 aliphatic rings. The summed E-state index contributed by atoms with van der Waals surface area (Å²) in [6, 6.07) is 7.42. The van der Waals surface area contributed by atoms with Crippen molar-refractivity contribution < 1.29 is 9.31 Å². The van der Waals surface area contributed by atoms with Crippen LogP contribution in [0, 0.1) is 15.9 Å². The molecule has 0 spiro atoms. The van der Waals surface area contributed by atoms with Crippen LogP contribution in [0.5, 0.6) is 0 Å². The first kappa shape index (κ1) is 12.3. The summed E-state index contributed by atoms with van der Waals surface area (Å²) >= 11 is 0. The molecule has 0 bridgehead atoms. The van der Waals surface area contributed by atoms with Gasteiger partial charge in [0.1, 0.15) is 11.6 Å². The Hall–Kier alpha value is -2.70. The third-order valence-corrected chi connectivity index (χ3v) is 3.30. The van der Waals surface area contributed by atoms with Crippen LogP contribution < -0.4 is 10.6 Å². The Morgan fingerprint density at radius 3 is 2.85 bits per heavy atom. The molecule has 2 heterocycles. The van der Waals surface area contributed by atoms with E-state index in [1.54, 1.807) is 11.0 Å². The van der Waals surface area contributed by atoms with Gasteiger partial charge in [0.2, 0.25) is 5.82 Å². The second kappa shape index (κ2) is 4.44. The minimum absolute atomic E-state index is 0.141. The first-order valence-electron chi connectivity index (χ1n) is 6.03. The third-order valence-electron chi connectivity index (χ3n) is 3.30. The van der Waals surface area contributed by atoms with Gasteiger partial charge in [0, 0.05) is 18.3 Å². The molecule has 0 saturated heterocycles. The Morgan fingerprint density at radius 1 is 1.35 bits per heavy atom. The van der Waals surface area contributed by atoms with Crippen LogP contribution in [-0.4, -0.2) is 16.5 Å². The van der Waals surface area contributed by atoms with Crippen molar-refractivity contribution in [3.63, 3.8) is 0 Å². The normalized spacial score (nSPS) is 13.3. The molecule has 1 aromatic carbocycles. The van der Waals surface area contributed by atoms with Crippen molar-refractivity contribution in [2.24, 2.45) is 0 Å². The quantitative estimate of drug-likeness (QED) is 0.671. The molecule has 2 aromatic rings. The van der Waals surface area contributed by atoms with Crippen molar-refractivity contribution in [3.8, 4) is 0 Å². The van der Waals surface area contributed by atoms with Crippen molar-refractivity contribution in [1.82, 2.24) is 4.98 Å². The van der Waals surface area contributed by atoms with Crippen LogP contribution in [0.2, 0.25) is 0 Å². The first-order valence-corrected chi connectivity index (χ1v) is 6.03. The summed E-state index contributed by atoms with van der Waals surface area (Å²) in [7, 11) is 0. The topological polar surface area (TPSA) is 85.3 Å². The van der Waals surface area contributed by atoms with Gasteiger partial charge in [0.05, 0.1) is 4.92 Å². The lowest BCUT2D eigenvalue weighted by molar-refractivity contribution is -0.384. The number of nitro groups is 1. The lowest BCUT2D eigenvalue weighted by Gasteiger charge is -2.18. The lowest BCUT2D eigenvalue weighted by Crippen LogP contribution is -2.15. The molecule has 102 valence electrons. The van der Waals surface area contributed by atoms with Crippen LogP contribution in [0.25, 0.3) is 0 Å². The van der Waals surface area contributed by atoms with Gasteiger partial charge in [-0.1, -0.05) is 6.07 Å². The smallest absolute Gasteiger partial charge is 0.311 e. The van der Waals surface area contributed by atoms with E-state index in [0.29, 0.717) is 12.4 Å². The Kier molecular flexibility index (Phi) is 2.74. The molecule has 2 N–H and O–H groups in total. The van der Waals surface area contributed by atoms with Crippen molar-refractivity contribution in [3.05, 3.63) is 51.8 Å². The summed E-state index contributed by atoms with van der Waals surface area (Å²) in [4.78, 5) is 16.0. The van der Waals surface area contributed by atoms with E-state index in [0.717, 1.165) is 17.7 Å². The fourth-order valence-electron chi connectivity index (χ4n) is 2.35. The third kappa shape index (κ3) is 1.93. The Balaban J connectivity index is 2.02. The second-order valence-electron chi connectivity index (χ2n) is 4.51. The summed E-state index contributed by atoms with van der Waals surface area (Å²) in [5.74, 6) is 0.0142. The van der Waals surface area contributed by atoms with Crippen molar-refractivity contribution in [2.75, 3.05) is 17.2 Å². The Morgan fingerprint density at radius 2 is 2.15 bits per heavy atom. The van der Waals surface area contributed by atoms with Crippen LogP contribution in [0.3, 0.4) is 0 Å². The fourth-order valence-corrected chi connectivity index (χ4v) is 2.35. The molecular formula is C13H11FN4O2. The van der Waals surface area contributed by atoms with Gasteiger partial charge >= 0.3 is 5.69 Å². The summed E-state index contributed by atoms with van der Waals surface area (Å²) in [6.07, 6.45) is 0.772. The molecular weight excluding hydrogens is 263 g/mol. The number of nitrogens with two attached hydrogens (primary N) is 1. The number of nitrogens with zero attached hydrogens (tertiary/aromatic N) is 3. The maximum absolute atomic E-state index is 13.3. The van der Waals surface area contributed by atoms with Gasteiger partial charge in [-0.3, -0.25) is 10.1 Å². The molecule has 1 aromatic heterocycles. The summed E-state index contributed by atoms with van der Waals surface area (Å²) < 4.78 is 13.3. The van der Waals surface area contributed by atoms with Gasteiger partial charge in [-0.2, -0.15) is 0 Å². The van der Waals surface area contributed by atoms with E-state index in [1.165, 1.54) is 24.3 Å². The van der Waals surface area contributed by atoms with E-state index in [4.69, 9.17) is 5.73 Å². The Bertz CT molecular complexity index is 705. The van der Waals surface area contributed by atoms with Gasteiger partial charge in [0.25, 0.3) is 0 Å². The predicted octanol–water partition coefficient (Wildman–Crippen LogP) is 2.41. The number of pyridine rings is 1. The number of benzene rings is 1. The van der Waals surface area contributed by atoms with Crippen molar-refractivity contribution >= 4 is 23.0 Å². The minimum atomic E-state index is -0.580. The van der Waals surface area contributed by atoms with E-state index in [1.807, 2.05) is 0 Å². The zero-order valence-corrected chi connectivity index (χ0v) is 10.4. The SMILES string of the molecule is Nc1nc(N2CCc3ccc(F)cc32)ccc1[N+](=O)[O-].